The van der Waals surface area contributed by atoms with Crippen LogP contribution in [0.25, 0.3) is 0 Å². The molecule has 3 aliphatic heterocycles. The number of fused-ring (bicyclic) bond motifs is 3. The lowest BCUT2D eigenvalue weighted by Crippen LogP contribution is -2.59. The van der Waals surface area contributed by atoms with Gasteiger partial charge in [-0.2, -0.15) is 0 Å². The molecule has 3 heterocycles. The van der Waals surface area contributed by atoms with E-state index in [1.54, 1.807) is 13.8 Å². The molecule has 4 nitrogen and oxygen atoms in total. The van der Waals surface area contributed by atoms with Crippen molar-refractivity contribution in [3.05, 3.63) is 0 Å². The molecule has 1 amide bonds. The Balaban J connectivity index is 1.98. The predicted molar refractivity (Wildman–Crippen MR) is 71.7 cm³/mol. The van der Waals surface area contributed by atoms with E-state index in [4.69, 9.17) is 18.0 Å². The number of carbonyl (C=O) groups excluding carboxylic acids is 1. The lowest BCUT2D eigenvalue weighted by Gasteiger charge is -2.45. The molecule has 0 saturated carbocycles. The first-order valence-corrected chi connectivity index (χ1v) is 6.65. The van der Waals surface area contributed by atoms with Gasteiger partial charge in [-0.1, -0.05) is 12.2 Å². The molecular weight excluding hydrogens is 234 g/mol. The molecule has 0 aliphatic carbocycles. The fourth-order valence-corrected chi connectivity index (χ4v) is 2.68. The number of hydrogen-bond acceptors (Lipinski definition) is 3. The number of hydrogen-bond donors (Lipinski definition) is 2. The fourth-order valence-electron chi connectivity index (χ4n) is 2.59. The Hall–Kier alpha value is -0.680. The SMILES string of the molecule is CC(C)(C(=O)NC1CN2CCC1CC2)C(N)=S. The summed E-state index contributed by atoms with van der Waals surface area (Å²) in [6.07, 6.45) is 2.39. The monoisotopic (exact) mass is 255 g/mol. The van der Waals surface area contributed by atoms with Crippen molar-refractivity contribution in [3.63, 3.8) is 0 Å². The Morgan fingerprint density at radius 3 is 2.41 bits per heavy atom. The minimum atomic E-state index is -0.749. The predicted octanol–water partition coefficient (Wildman–Crippen LogP) is 0.509. The summed E-state index contributed by atoms with van der Waals surface area (Å²) in [4.78, 5) is 14.8. The van der Waals surface area contributed by atoms with Gasteiger partial charge in [0.05, 0.1) is 10.4 Å². The van der Waals surface area contributed by atoms with E-state index in [0.29, 0.717) is 5.92 Å². The van der Waals surface area contributed by atoms with Crippen LogP contribution in [0.4, 0.5) is 0 Å². The smallest absolute Gasteiger partial charge is 0.232 e. The highest BCUT2D eigenvalue weighted by molar-refractivity contribution is 7.80. The lowest BCUT2D eigenvalue weighted by atomic mass is 9.83. The molecule has 96 valence electrons. The van der Waals surface area contributed by atoms with Crippen molar-refractivity contribution < 1.29 is 4.79 Å². The first-order chi connectivity index (χ1) is 7.91. The molecule has 5 heteroatoms. The Morgan fingerprint density at radius 1 is 1.41 bits per heavy atom. The molecule has 0 spiro atoms. The maximum Gasteiger partial charge on any atom is 0.232 e. The summed E-state index contributed by atoms with van der Waals surface area (Å²) in [6.45, 7) is 6.90. The van der Waals surface area contributed by atoms with Crippen molar-refractivity contribution in [2.45, 2.75) is 32.7 Å². The molecule has 2 bridgehead atoms. The summed E-state index contributed by atoms with van der Waals surface area (Å²) >= 11 is 4.95. The van der Waals surface area contributed by atoms with E-state index in [1.165, 1.54) is 25.9 Å². The van der Waals surface area contributed by atoms with Gasteiger partial charge in [0.25, 0.3) is 0 Å². The zero-order chi connectivity index (χ0) is 12.6. The number of amides is 1. The number of nitrogens with one attached hydrogen (secondary N) is 1. The summed E-state index contributed by atoms with van der Waals surface area (Å²) in [5, 5.41) is 3.12. The molecule has 3 N–H and O–H groups in total. The molecule has 0 radical (unpaired) electrons. The number of piperidine rings is 3. The van der Waals surface area contributed by atoms with E-state index in [2.05, 4.69) is 10.2 Å². The van der Waals surface area contributed by atoms with Crippen molar-refractivity contribution in [1.82, 2.24) is 10.2 Å². The van der Waals surface area contributed by atoms with E-state index in [-0.39, 0.29) is 16.9 Å². The molecule has 3 aliphatic rings. The van der Waals surface area contributed by atoms with Crippen molar-refractivity contribution in [3.8, 4) is 0 Å². The van der Waals surface area contributed by atoms with Gasteiger partial charge in [0.1, 0.15) is 0 Å². The molecule has 1 unspecified atom stereocenters. The van der Waals surface area contributed by atoms with Crippen molar-refractivity contribution >= 4 is 23.1 Å². The molecule has 3 saturated heterocycles. The highest BCUT2D eigenvalue weighted by Crippen LogP contribution is 2.28. The Bertz CT molecular complexity index is 335. The molecule has 0 aromatic heterocycles. The van der Waals surface area contributed by atoms with E-state index in [1.807, 2.05) is 0 Å². The van der Waals surface area contributed by atoms with Crippen LogP contribution in [-0.2, 0) is 4.79 Å². The van der Waals surface area contributed by atoms with E-state index >= 15 is 0 Å². The summed E-state index contributed by atoms with van der Waals surface area (Å²) in [5.41, 5.74) is 4.86. The van der Waals surface area contributed by atoms with Crippen LogP contribution in [0.2, 0.25) is 0 Å². The van der Waals surface area contributed by atoms with Crippen LogP contribution in [-0.4, -0.2) is 41.5 Å². The lowest BCUT2D eigenvalue weighted by molar-refractivity contribution is -0.128. The quantitative estimate of drug-likeness (QED) is 0.722. The van der Waals surface area contributed by atoms with Crippen LogP contribution >= 0.6 is 12.2 Å². The maximum absolute atomic E-state index is 12.2. The van der Waals surface area contributed by atoms with Crippen LogP contribution in [0.5, 0.6) is 0 Å². The topological polar surface area (TPSA) is 58.4 Å². The van der Waals surface area contributed by atoms with Crippen LogP contribution < -0.4 is 11.1 Å². The highest BCUT2D eigenvalue weighted by atomic mass is 32.1. The average molecular weight is 255 g/mol. The van der Waals surface area contributed by atoms with Crippen LogP contribution in [0.1, 0.15) is 26.7 Å². The minimum absolute atomic E-state index is 0.0382. The second kappa shape index (κ2) is 4.53. The van der Waals surface area contributed by atoms with Gasteiger partial charge in [-0.05, 0) is 45.7 Å². The Morgan fingerprint density at radius 2 is 2.00 bits per heavy atom. The van der Waals surface area contributed by atoms with Crippen molar-refractivity contribution in [1.29, 1.82) is 0 Å². The Kier molecular flexibility index (Phi) is 3.41. The third-order valence-corrected chi connectivity index (χ3v) is 4.67. The molecule has 3 fully saturated rings. The van der Waals surface area contributed by atoms with Gasteiger partial charge in [0, 0.05) is 12.6 Å². The van der Waals surface area contributed by atoms with E-state index in [9.17, 15) is 4.79 Å². The summed E-state index contributed by atoms with van der Waals surface area (Å²) in [6, 6.07) is 0.277. The van der Waals surface area contributed by atoms with Gasteiger partial charge in [0.2, 0.25) is 5.91 Å². The van der Waals surface area contributed by atoms with E-state index < -0.39 is 5.41 Å². The number of rotatable bonds is 3. The van der Waals surface area contributed by atoms with Gasteiger partial charge in [-0.15, -0.1) is 0 Å². The van der Waals surface area contributed by atoms with Gasteiger partial charge >= 0.3 is 0 Å². The standard InChI is InChI=1S/C12H21N3OS/c1-12(2,10(13)17)11(16)14-9-7-15-5-3-8(9)4-6-15/h8-9H,3-7H2,1-2H3,(H2,13,17)(H,14,16). The van der Waals surface area contributed by atoms with Gasteiger partial charge in [-0.3, -0.25) is 4.79 Å². The van der Waals surface area contributed by atoms with Crippen molar-refractivity contribution in [2.75, 3.05) is 19.6 Å². The van der Waals surface area contributed by atoms with Gasteiger partial charge in [-0.25, -0.2) is 0 Å². The number of carbonyl (C=O) groups is 1. The molecule has 3 rings (SSSR count). The second-order valence-corrected chi connectivity index (χ2v) is 6.15. The number of nitrogens with two attached hydrogens (primary N) is 1. The van der Waals surface area contributed by atoms with E-state index in [0.717, 1.165) is 6.54 Å². The number of thiocarbonyl (C=S) groups is 1. The Labute approximate surface area is 108 Å². The highest BCUT2D eigenvalue weighted by Gasteiger charge is 2.38. The fraction of sp³-hybridized carbons (Fsp3) is 0.833. The van der Waals surface area contributed by atoms with Crippen LogP contribution in [0.15, 0.2) is 0 Å². The average Bonchev–Trinajstić information content (AvgIpc) is 2.30. The van der Waals surface area contributed by atoms with Crippen LogP contribution in [0, 0.1) is 11.3 Å². The molecule has 0 aromatic rings. The van der Waals surface area contributed by atoms with Gasteiger partial charge < -0.3 is 16.0 Å². The molecule has 0 aromatic carbocycles. The third kappa shape index (κ3) is 2.45. The first-order valence-electron chi connectivity index (χ1n) is 6.24. The molecular formula is C12H21N3OS. The third-order valence-electron chi connectivity index (χ3n) is 4.16. The molecule has 17 heavy (non-hydrogen) atoms. The second-order valence-electron chi connectivity index (χ2n) is 5.71. The van der Waals surface area contributed by atoms with Crippen molar-refractivity contribution in [2.24, 2.45) is 17.1 Å². The summed E-state index contributed by atoms with van der Waals surface area (Å²) < 4.78 is 0. The number of nitrogens with zero attached hydrogens (tertiary/aromatic N) is 1. The zero-order valence-corrected chi connectivity index (χ0v) is 11.3. The van der Waals surface area contributed by atoms with Crippen LogP contribution in [0.3, 0.4) is 0 Å². The maximum atomic E-state index is 12.2. The largest absolute Gasteiger partial charge is 0.392 e. The normalized spacial score (nSPS) is 32.2. The molecule has 1 atom stereocenters. The summed E-state index contributed by atoms with van der Waals surface area (Å²) in [5.74, 6) is 0.592. The first kappa shape index (κ1) is 12.8. The minimum Gasteiger partial charge on any atom is -0.392 e. The van der Waals surface area contributed by atoms with Gasteiger partial charge in [0.15, 0.2) is 0 Å². The zero-order valence-electron chi connectivity index (χ0n) is 10.5. The summed E-state index contributed by atoms with van der Waals surface area (Å²) in [7, 11) is 0.